The summed E-state index contributed by atoms with van der Waals surface area (Å²) in [6.07, 6.45) is -6.70. The number of ether oxygens (including phenoxy) is 2. The first-order valence-electron chi connectivity index (χ1n) is 6.62. The Kier molecular flexibility index (Phi) is 5.27. The maximum absolute atomic E-state index is 10.9. The van der Waals surface area contributed by atoms with E-state index in [4.69, 9.17) is 15.2 Å². The van der Waals surface area contributed by atoms with Crippen molar-refractivity contribution in [3.63, 3.8) is 0 Å². The smallest absolute Gasteiger partial charge is 0.220 e. The topological polar surface area (TPSA) is 122 Å². The zero-order valence-corrected chi connectivity index (χ0v) is 11.3. The maximum atomic E-state index is 10.9. The molecule has 1 fully saturated rings. The number of hydrogen-bond donors (Lipinski definition) is 4. The van der Waals surface area contributed by atoms with Crippen molar-refractivity contribution in [3.8, 4) is 0 Å². The van der Waals surface area contributed by atoms with Gasteiger partial charge in [-0.1, -0.05) is 30.3 Å². The number of rotatable bonds is 5. The number of primary amides is 1. The van der Waals surface area contributed by atoms with E-state index in [0.29, 0.717) is 0 Å². The van der Waals surface area contributed by atoms with Gasteiger partial charge in [0.2, 0.25) is 5.91 Å². The lowest BCUT2D eigenvalue weighted by molar-refractivity contribution is -0.299. The van der Waals surface area contributed by atoms with Crippen molar-refractivity contribution in [2.45, 2.75) is 43.7 Å². The minimum atomic E-state index is -1.47. The number of benzene rings is 1. The van der Waals surface area contributed by atoms with Crippen LogP contribution in [-0.2, 0) is 20.9 Å². The van der Waals surface area contributed by atoms with Gasteiger partial charge in [-0.15, -0.1) is 0 Å². The molecule has 0 aliphatic carbocycles. The van der Waals surface area contributed by atoms with E-state index >= 15 is 0 Å². The molecule has 1 aromatic rings. The summed E-state index contributed by atoms with van der Waals surface area (Å²) in [5.74, 6) is -0.676. The molecule has 0 radical (unpaired) electrons. The molecule has 1 saturated heterocycles. The molecule has 5 unspecified atom stereocenters. The van der Waals surface area contributed by atoms with Crippen molar-refractivity contribution in [2.24, 2.45) is 5.73 Å². The summed E-state index contributed by atoms with van der Waals surface area (Å²) in [4.78, 5) is 10.9. The molecule has 2 rings (SSSR count). The standard InChI is InChI=1S/C14H19NO6/c15-10(16)6-9-11(17)12(18)13(19)14(21-9)20-7-8-4-2-1-3-5-8/h1-5,9,11-14,17-19H,6-7H2,(H2,15,16). The van der Waals surface area contributed by atoms with E-state index in [1.54, 1.807) is 0 Å². The number of amides is 1. The minimum Gasteiger partial charge on any atom is -0.388 e. The van der Waals surface area contributed by atoms with Crippen molar-refractivity contribution in [1.29, 1.82) is 0 Å². The highest BCUT2D eigenvalue weighted by molar-refractivity contribution is 5.74. The van der Waals surface area contributed by atoms with E-state index in [-0.39, 0.29) is 13.0 Å². The zero-order chi connectivity index (χ0) is 15.4. The fourth-order valence-electron chi connectivity index (χ4n) is 2.17. The second-order valence-corrected chi connectivity index (χ2v) is 4.98. The molecule has 0 saturated carbocycles. The normalized spacial score (nSPS) is 32.8. The molecular formula is C14H19NO6. The predicted molar refractivity (Wildman–Crippen MR) is 71.7 cm³/mol. The molecule has 0 spiro atoms. The molecule has 116 valence electrons. The van der Waals surface area contributed by atoms with Crippen LogP contribution in [0, 0.1) is 0 Å². The number of carbonyl (C=O) groups excluding carboxylic acids is 1. The monoisotopic (exact) mass is 297 g/mol. The van der Waals surface area contributed by atoms with Gasteiger partial charge in [-0.05, 0) is 5.56 Å². The average molecular weight is 297 g/mol. The average Bonchev–Trinajstić information content (AvgIpc) is 2.47. The number of aliphatic hydroxyl groups is 3. The number of carbonyl (C=O) groups is 1. The Balaban J connectivity index is 1.98. The Morgan fingerprint density at radius 3 is 2.43 bits per heavy atom. The van der Waals surface area contributed by atoms with Gasteiger partial charge in [0.15, 0.2) is 6.29 Å². The van der Waals surface area contributed by atoms with E-state index in [1.807, 2.05) is 30.3 Å². The van der Waals surface area contributed by atoms with Gasteiger partial charge in [0, 0.05) is 0 Å². The van der Waals surface area contributed by atoms with Crippen LogP contribution in [0.4, 0.5) is 0 Å². The third kappa shape index (κ3) is 3.99. The van der Waals surface area contributed by atoms with Crippen molar-refractivity contribution < 1.29 is 29.6 Å². The Labute approximate surface area is 121 Å². The van der Waals surface area contributed by atoms with Gasteiger partial charge in [-0.3, -0.25) is 4.79 Å². The van der Waals surface area contributed by atoms with Crippen LogP contribution in [0.2, 0.25) is 0 Å². The third-order valence-electron chi connectivity index (χ3n) is 3.33. The van der Waals surface area contributed by atoms with Crippen LogP contribution in [-0.4, -0.2) is 51.9 Å². The molecule has 0 aromatic heterocycles. The number of nitrogens with two attached hydrogens (primary N) is 1. The highest BCUT2D eigenvalue weighted by Crippen LogP contribution is 2.24. The predicted octanol–water partition coefficient (Wildman–Crippen LogP) is -1.11. The second-order valence-electron chi connectivity index (χ2n) is 4.98. The molecule has 1 amide bonds. The Bertz CT molecular complexity index is 468. The van der Waals surface area contributed by atoms with Crippen molar-refractivity contribution in [3.05, 3.63) is 35.9 Å². The molecule has 21 heavy (non-hydrogen) atoms. The van der Waals surface area contributed by atoms with Crippen molar-refractivity contribution >= 4 is 5.91 Å². The summed E-state index contributed by atoms with van der Waals surface area (Å²) >= 11 is 0. The van der Waals surface area contributed by atoms with E-state index in [9.17, 15) is 20.1 Å². The fraction of sp³-hybridized carbons (Fsp3) is 0.500. The van der Waals surface area contributed by atoms with Gasteiger partial charge < -0.3 is 30.5 Å². The van der Waals surface area contributed by atoms with Crippen molar-refractivity contribution in [2.75, 3.05) is 0 Å². The molecular weight excluding hydrogens is 278 g/mol. The summed E-state index contributed by atoms with van der Waals surface area (Å²) in [6.45, 7) is 0.161. The molecule has 0 bridgehead atoms. The van der Waals surface area contributed by atoms with Crippen LogP contribution in [0.25, 0.3) is 0 Å². The maximum Gasteiger partial charge on any atom is 0.220 e. The van der Waals surface area contributed by atoms with E-state index in [2.05, 4.69) is 0 Å². The first-order valence-corrected chi connectivity index (χ1v) is 6.62. The van der Waals surface area contributed by atoms with Crippen LogP contribution in [0.1, 0.15) is 12.0 Å². The molecule has 1 aliphatic heterocycles. The lowest BCUT2D eigenvalue weighted by atomic mass is 9.97. The molecule has 1 heterocycles. The lowest BCUT2D eigenvalue weighted by Gasteiger charge is -2.39. The quantitative estimate of drug-likeness (QED) is 0.546. The van der Waals surface area contributed by atoms with Gasteiger partial charge in [-0.2, -0.15) is 0 Å². The first-order chi connectivity index (χ1) is 9.99. The minimum absolute atomic E-state index is 0.161. The van der Waals surface area contributed by atoms with Gasteiger partial charge >= 0.3 is 0 Å². The van der Waals surface area contributed by atoms with E-state index < -0.39 is 36.6 Å². The first kappa shape index (κ1) is 15.9. The highest BCUT2D eigenvalue weighted by Gasteiger charge is 2.44. The summed E-state index contributed by atoms with van der Waals surface area (Å²) in [5.41, 5.74) is 5.92. The molecule has 1 aromatic carbocycles. The van der Waals surface area contributed by atoms with E-state index in [1.165, 1.54) is 0 Å². The van der Waals surface area contributed by atoms with Gasteiger partial charge in [0.05, 0.1) is 19.1 Å². The molecule has 7 heteroatoms. The van der Waals surface area contributed by atoms with E-state index in [0.717, 1.165) is 5.56 Å². The van der Waals surface area contributed by atoms with Crippen molar-refractivity contribution in [1.82, 2.24) is 0 Å². The summed E-state index contributed by atoms with van der Waals surface area (Å²) in [7, 11) is 0. The van der Waals surface area contributed by atoms with Gasteiger partial charge in [0.1, 0.15) is 18.3 Å². The Morgan fingerprint density at radius 1 is 1.14 bits per heavy atom. The summed E-state index contributed by atoms with van der Waals surface area (Å²) in [5, 5.41) is 29.4. The fourth-order valence-corrected chi connectivity index (χ4v) is 2.17. The van der Waals surface area contributed by atoms with Gasteiger partial charge in [-0.25, -0.2) is 0 Å². The van der Waals surface area contributed by atoms with Crippen LogP contribution >= 0.6 is 0 Å². The molecule has 7 nitrogen and oxygen atoms in total. The number of aliphatic hydroxyl groups excluding tert-OH is 3. The SMILES string of the molecule is NC(=O)CC1OC(OCc2ccccc2)C(O)C(O)C1O. The largest absolute Gasteiger partial charge is 0.388 e. The molecule has 5 N–H and O–H groups in total. The summed E-state index contributed by atoms with van der Waals surface area (Å²) in [6, 6.07) is 9.21. The van der Waals surface area contributed by atoms with Crippen LogP contribution < -0.4 is 5.73 Å². The van der Waals surface area contributed by atoms with Crippen LogP contribution in [0.5, 0.6) is 0 Å². The highest BCUT2D eigenvalue weighted by atomic mass is 16.7. The Morgan fingerprint density at radius 2 is 1.81 bits per heavy atom. The lowest BCUT2D eigenvalue weighted by Crippen LogP contribution is -2.58. The number of hydrogen-bond acceptors (Lipinski definition) is 6. The van der Waals surface area contributed by atoms with Gasteiger partial charge in [0.25, 0.3) is 0 Å². The van der Waals surface area contributed by atoms with Crippen LogP contribution in [0.15, 0.2) is 30.3 Å². The zero-order valence-electron chi connectivity index (χ0n) is 11.3. The molecule has 5 atom stereocenters. The molecule has 1 aliphatic rings. The van der Waals surface area contributed by atoms with Crippen LogP contribution in [0.3, 0.4) is 0 Å². The third-order valence-corrected chi connectivity index (χ3v) is 3.33. The summed E-state index contributed by atoms with van der Waals surface area (Å²) < 4.78 is 10.7. The Hall–Kier alpha value is -1.51. The second kappa shape index (κ2) is 6.97.